The minimum absolute atomic E-state index is 0.0769. The first-order valence-electron chi connectivity index (χ1n) is 10.6. The lowest BCUT2D eigenvalue weighted by Gasteiger charge is -2.59. The highest BCUT2D eigenvalue weighted by Crippen LogP contribution is 2.56. The lowest BCUT2D eigenvalue weighted by Crippen LogP contribution is -2.61. The van der Waals surface area contributed by atoms with Crippen LogP contribution in [-0.2, 0) is 0 Å². The van der Waals surface area contributed by atoms with Crippen molar-refractivity contribution in [2.24, 2.45) is 17.8 Å². The molecule has 4 fully saturated rings. The van der Waals surface area contributed by atoms with Gasteiger partial charge < -0.3 is 14.7 Å². The van der Waals surface area contributed by atoms with Gasteiger partial charge in [0.25, 0.3) is 5.91 Å². The number of rotatable bonds is 6. The van der Waals surface area contributed by atoms with Gasteiger partial charge in [-0.15, -0.1) is 0 Å². The van der Waals surface area contributed by atoms with E-state index in [0.717, 1.165) is 37.9 Å². The zero-order valence-electron chi connectivity index (χ0n) is 16.9. The van der Waals surface area contributed by atoms with Gasteiger partial charge in [-0.1, -0.05) is 19.4 Å². The monoisotopic (exact) mass is 371 g/mol. The lowest BCUT2D eigenvalue weighted by molar-refractivity contribution is -0.152. The first-order valence-corrected chi connectivity index (χ1v) is 10.6. The molecule has 3 atom stereocenters. The van der Waals surface area contributed by atoms with Crippen LogP contribution in [0.1, 0.15) is 69.2 Å². The fourth-order valence-corrected chi connectivity index (χ4v) is 6.33. The van der Waals surface area contributed by atoms with E-state index in [9.17, 15) is 9.90 Å². The van der Waals surface area contributed by atoms with Crippen molar-refractivity contribution < 1.29 is 14.6 Å². The predicted octanol–water partition coefficient (Wildman–Crippen LogP) is 4.27. The van der Waals surface area contributed by atoms with E-state index in [1.165, 1.54) is 12.8 Å². The normalized spacial score (nSPS) is 35.1. The molecule has 4 bridgehead atoms. The highest BCUT2D eigenvalue weighted by atomic mass is 16.5. The smallest absolute Gasteiger partial charge is 0.253 e. The molecule has 0 heterocycles. The second kappa shape index (κ2) is 7.12. The van der Waals surface area contributed by atoms with Crippen LogP contribution in [-0.4, -0.2) is 40.7 Å². The molecule has 0 aliphatic heterocycles. The van der Waals surface area contributed by atoms with E-state index in [2.05, 4.69) is 13.8 Å². The van der Waals surface area contributed by atoms with E-state index in [1.54, 1.807) is 0 Å². The van der Waals surface area contributed by atoms with Crippen LogP contribution in [0.4, 0.5) is 0 Å². The summed E-state index contributed by atoms with van der Waals surface area (Å²) in [5.41, 5.74) is 0.242. The average Bonchev–Trinajstić information content (AvgIpc) is 2.59. The molecule has 1 aromatic carbocycles. The molecule has 4 saturated carbocycles. The zero-order chi connectivity index (χ0) is 19.2. The van der Waals surface area contributed by atoms with Gasteiger partial charge >= 0.3 is 0 Å². The summed E-state index contributed by atoms with van der Waals surface area (Å²) in [6, 6.07) is 7.88. The number of carbonyl (C=O) groups excluding carboxylic acids is 1. The van der Waals surface area contributed by atoms with Crippen LogP contribution in [0.5, 0.6) is 5.75 Å². The number of amides is 1. The van der Waals surface area contributed by atoms with Gasteiger partial charge in [-0.2, -0.15) is 0 Å². The summed E-state index contributed by atoms with van der Waals surface area (Å²) in [7, 11) is 1.95. The molecular formula is C23H33NO3. The summed E-state index contributed by atoms with van der Waals surface area (Å²) in [5, 5.41) is 10.8. The Labute approximate surface area is 162 Å². The number of benzene rings is 1. The van der Waals surface area contributed by atoms with Crippen molar-refractivity contribution in [1.82, 2.24) is 4.90 Å². The molecule has 0 radical (unpaired) electrons. The maximum absolute atomic E-state index is 13.2. The first kappa shape index (κ1) is 18.8. The standard InChI is InChI=1S/C23H33NO3/c1-4-6-15(2)27-20-8-5-7-17(11-20)22(25)24(3)21-18-9-16-10-19(21)14-23(26,12-16)13-18/h5,7-8,11,15-16,18-19,21,26H,4,6,9-10,12-14H2,1-3H3. The molecule has 0 saturated heterocycles. The van der Waals surface area contributed by atoms with E-state index in [4.69, 9.17) is 4.74 Å². The number of hydrogen-bond acceptors (Lipinski definition) is 3. The Kier molecular flexibility index (Phi) is 4.96. The molecule has 1 amide bonds. The van der Waals surface area contributed by atoms with E-state index >= 15 is 0 Å². The van der Waals surface area contributed by atoms with Gasteiger partial charge in [0.2, 0.25) is 0 Å². The molecule has 1 aromatic rings. The Morgan fingerprint density at radius 3 is 2.63 bits per heavy atom. The quantitative estimate of drug-likeness (QED) is 0.813. The van der Waals surface area contributed by atoms with Gasteiger partial charge in [0.1, 0.15) is 5.75 Å². The molecule has 27 heavy (non-hydrogen) atoms. The van der Waals surface area contributed by atoms with E-state index in [1.807, 2.05) is 36.2 Å². The van der Waals surface area contributed by atoms with Crippen LogP contribution in [0.15, 0.2) is 24.3 Å². The Morgan fingerprint density at radius 1 is 1.30 bits per heavy atom. The van der Waals surface area contributed by atoms with Crippen LogP contribution in [0.25, 0.3) is 0 Å². The van der Waals surface area contributed by atoms with Gasteiger partial charge in [0.15, 0.2) is 0 Å². The third-order valence-electron chi connectivity index (χ3n) is 7.07. The van der Waals surface area contributed by atoms with E-state index < -0.39 is 5.60 Å². The zero-order valence-corrected chi connectivity index (χ0v) is 16.9. The molecule has 4 nitrogen and oxygen atoms in total. The van der Waals surface area contributed by atoms with Gasteiger partial charge in [-0.25, -0.2) is 0 Å². The summed E-state index contributed by atoms with van der Waals surface area (Å²) in [4.78, 5) is 15.2. The largest absolute Gasteiger partial charge is 0.491 e. The van der Waals surface area contributed by atoms with Crippen LogP contribution in [0, 0.1) is 17.8 Å². The molecular weight excluding hydrogens is 338 g/mol. The van der Waals surface area contributed by atoms with E-state index in [0.29, 0.717) is 23.3 Å². The second-order valence-electron chi connectivity index (χ2n) is 9.35. The summed E-state index contributed by atoms with van der Waals surface area (Å²) < 4.78 is 5.97. The minimum atomic E-state index is -0.458. The number of carbonyl (C=O) groups is 1. The van der Waals surface area contributed by atoms with Gasteiger partial charge in [0, 0.05) is 18.7 Å². The minimum Gasteiger partial charge on any atom is -0.491 e. The highest BCUT2D eigenvalue weighted by molar-refractivity contribution is 5.94. The van der Waals surface area contributed by atoms with Gasteiger partial charge in [0.05, 0.1) is 11.7 Å². The Hall–Kier alpha value is -1.55. The van der Waals surface area contributed by atoms with Crippen LogP contribution in [0.3, 0.4) is 0 Å². The summed E-state index contributed by atoms with van der Waals surface area (Å²) >= 11 is 0. The van der Waals surface area contributed by atoms with E-state index in [-0.39, 0.29) is 18.1 Å². The van der Waals surface area contributed by atoms with Crippen molar-refractivity contribution in [3.63, 3.8) is 0 Å². The van der Waals surface area contributed by atoms with Gasteiger partial charge in [-0.05, 0) is 81.4 Å². The van der Waals surface area contributed by atoms with Crippen LogP contribution >= 0.6 is 0 Å². The fourth-order valence-electron chi connectivity index (χ4n) is 6.33. The predicted molar refractivity (Wildman–Crippen MR) is 106 cm³/mol. The molecule has 3 unspecified atom stereocenters. The molecule has 0 spiro atoms. The van der Waals surface area contributed by atoms with Crippen molar-refractivity contribution in [2.75, 3.05) is 7.05 Å². The van der Waals surface area contributed by atoms with Crippen molar-refractivity contribution >= 4 is 5.91 Å². The van der Waals surface area contributed by atoms with Crippen molar-refractivity contribution in [3.8, 4) is 5.75 Å². The summed E-state index contributed by atoms with van der Waals surface area (Å²) in [5.74, 6) is 2.39. The Balaban J connectivity index is 1.48. The SMILES string of the molecule is CCCC(C)Oc1cccc(C(=O)N(C)C2C3CC4CC2CC(O)(C4)C3)c1. The third kappa shape index (κ3) is 3.61. The maximum atomic E-state index is 13.2. The third-order valence-corrected chi connectivity index (χ3v) is 7.07. The Morgan fingerprint density at radius 2 is 2.00 bits per heavy atom. The molecule has 148 valence electrons. The van der Waals surface area contributed by atoms with Crippen molar-refractivity contribution in [3.05, 3.63) is 29.8 Å². The van der Waals surface area contributed by atoms with Gasteiger partial charge in [-0.3, -0.25) is 4.79 Å². The number of aliphatic hydroxyl groups is 1. The summed E-state index contributed by atoms with van der Waals surface area (Å²) in [6.45, 7) is 4.22. The maximum Gasteiger partial charge on any atom is 0.253 e. The highest BCUT2D eigenvalue weighted by Gasteiger charge is 2.56. The molecule has 0 aromatic heterocycles. The molecule has 1 N–H and O–H groups in total. The summed E-state index contributed by atoms with van der Waals surface area (Å²) in [6.07, 6.45) is 7.27. The van der Waals surface area contributed by atoms with Crippen LogP contribution in [0.2, 0.25) is 0 Å². The topological polar surface area (TPSA) is 49.8 Å². The molecule has 4 heteroatoms. The van der Waals surface area contributed by atoms with Crippen molar-refractivity contribution in [2.45, 2.75) is 76.5 Å². The number of ether oxygens (including phenoxy) is 1. The fraction of sp³-hybridized carbons (Fsp3) is 0.696. The number of hydrogen-bond donors (Lipinski definition) is 1. The first-order chi connectivity index (χ1) is 12.9. The number of nitrogens with zero attached hydrogens (tertiary/aromatic N) is 1. The molecule has 4 aliphatic carbocycles. The van der Waals surface area contributed by atoms with Crippen molar-refractivity contribution in [1.29, 1.82) is 0 Å². The average molecular weight is 372 g/mol. The van der Waals surface area contributed by atoms with Crippen LogP contribution < -0.4 is 4.74 Å². The molecule has 5 rings (SSSR count). The lowest BCUT2D eigenvalue weighted by atomic mass is 9.52. The second-order valence-corrected chi connectivity index (χ2v) is 9.35. The Bertz CT molecular complexity index is 687. The molecule has 4 aliphatic rings.